The number of carbonyl (C=O) groups excluding carboxylic acids is 1. The van der Waals surface area contributed by atoms with Crippen LogP contribution in [0.3, 0.4) is 0 Å². The minimum atomic E-state index is 0.0578. The summed E-state index contributed by atoms with van der Waals surface area (Å²) in [4.78, 5) is 21.9. The van der Waals surface area contributed by atoms with Crippen molar-refractivity contribution in [3.63, 3.8) is 0 Å². The highest BCUT2D eigenvalue weighted by molar-refractivity contribution is 7.07. The Labute approximate surface area is 157 Å². The van der Waals surface area contributed by atoms with Crippen LogP contribution in [0.15, 0.2) is 29.1 Å². The smallest absolute Gasteiger partial charge is 0.257 e. The van der Waals surface area contributed by atoms with E-state index in [1.807, 2.05) is 24.8 Å². The van der Waals surface area contributed by atoms with Crippen LogP contribution < -0.4 is 0 Å². The predicted octanol–water partition coefficient (Wildman–Crippen LogP) is 2.76. The monoisotopic (exact) mass is 369 g/mol. The van der Waals surface area contributed by atoms with Gasteiger partial charge in [0.25, 0.3) is 5.91 Å². The van der Waals surface area contributed by atoms with Crippen LogP contribution in [0.2, 0.25) is 0 Å². The van der Waals surface area contributed by atoms with Crippen LogP contribution in [-0.4, -0.2) is 56.5 Å². The Hall–Kier alpha value is -2.25. The number of amides is 1. The summed E-state index contributed by atoms with van der Waals surface area (Å²) in [5.41, 5.74) is 4.55. The molecule has 0 spiro atoms. The van der Waals surface area contributed by atoms with E-state index in [-0.39, 0.29) is 5.91 Å². The van der Waals surface area contributed by atoms with Gasteiger partial charge in [-0.1, -0.05) is 0 Å². The number of carbonyl (C=O) groups is 1. The largest absolute Gasteiger partial charge is 0.337 e. The molecule has 1 aliphatic heterocycles. The molecule has 0 radical (unpaired) electrons. The lowest BCUT2D eigenvalue weighted by atomic mass is 10.2. The topological polar surface area (TPSA) is 53.7 Å². The summed E-state index contributed by atoms with van der Waals surface area (Å²) in [7, 11) is 0. The van der Waals surface area contributed by atoms with Crippen molar-refractivity contribution in [1.29, 1.82) is 0 Å². The summed E-state index contributed by atoms with van der Waals surface area (Å²) in [6, 6.07) is 4.10. The molecular formula is C19H23N5OS. The lowest BCUT2D eigenvalue weighted by Crippen LogP contribution is -2.35. The Morgan fingerprint density at radius 1 is 1.23 bits per heavy atom. The molecule has 136 valence electrons. The zero-order valence-electron chi connectivity index (χ0n) is 15.2. The Morgan fingerprint density at radius 3 is 2.92 bits per heavy atom. The summed E-state index contributed by atoms with van der Waals surface area (Å²) in [5.74, 6) is 0.0578. The summed E-state index contributed by atoms with van der Waals surface area (Å²) >= 11 is 1.73. The van der Waals surface area contributed by atoms with Crippen LogP contribution in [0.5, 0.6) is 0 Å². The normalized spacial score (nSPS) is 16.2. The third-order valence-corrected chi connectivity index (χ3v) is 5.67. The third kappa shape index (κ3) is 3.37. The molecule has 0 N–H and O–H groups in total. The molecule has 7 heteroatoms. The first kappa shape index (κ1) is 17.2. The van der Waals surface area contributed by atoms with E-state index < -0.39 is 0 Å². The summed E-state index contributed by atoms with van der Waals surface area (Å²) < 4.78 is 1.77. The lowest BCUT2D eigenvalue weighted by molar-refractivity contribution is 0.0759. The molecule has 0 aliphatic carbocycles. The van der Waals surface area contributed by atoms with E-state index in [9.17, 15) is 4.79 Å². The van der Waals surface area contributed by atoms with E-state index in [4.69, 9.17) is 0 Å². The fraction of sp³-hybridized carbons (Fsp3) is 0.421. The lowest BCUT2D eigenvalue weighted by Gasteiger charge is -2.22. The minimum Gasteiger partial charge on any atom is -0.337 e. The predicted molar refractivity (Wildman–Crippen MR) is 103 cm³/mol. The van der Waals surface area contributed by atoms with E-state index in [0.717, 1.165) is 56.2 Å². The van der Waals surface area contributed by atoms with Crippen molar-refractivity contribution in [2.24, 2.45) is 0 Å². The van der Waals surface area contributed by atoms with Gasteiger partial charge >= 0.3 is 0 Å². The molecule has 0 bridgehead atoms. The molecular weight excluding hydrogens is 346 g/mol. The van der Waals surface area contributed by atoms with E-state index in [1.165, 1.54) is 5.56 Å². The highest BCUT2D eigenvalue weighted by Crippen LogP contribution is 2.16. The maximum Gasteiger partial charge on any atom is 0.257 e. The van der Waals surface area contributed by atoms with Crippen molar-refractivity contribution in [3.05, 3.63) is 51.6 Å². The molecule has 0 unspecified atom stereocenters. The third-order valence-electron chi connectivity index (χ3n) is 4.94. The van der Waals surface area contributed by atoms with Crippen molar-refractivity contribution in [2.75, 3.05) is 26.2 Å². The van der Waals surface area contributed by atoms with Gasteiger partial charge in [-0.3, -0.25) is 9.69 Å². The molecule has 1 amide bonds. The zero-order valence-corrected chi connectivity index (χ0v) is 16.0. The number of fused-ring (bicyclic) bond motifs is 1. The second kappa shape index (κ2) is 7.17. The molecule has 1 aliphatic rings. The number of aromatic nitrogens is 3. The molecule has 26 heavy (non-hydrogen) atoms. The van der Waals surface area contributed by atoms with Crippen molar-refractivity contribution in [1.82, 2.24) is 24.4 Å². The van der Waals surface area contributed by atoms with Crippen molar-refractivity contribution in [2.45, 2.75) is 26.8 Å². The quantitative estimate of drug-likeness (QED) is 0.712. The van der Waals surface area contributed by atoms with E-state index >= 15 is 0 Å². The molecule has 3 aromatic heterocycles. The maximum absolute atomic E-state index is 13.1. The standard InChI is InChI=1S/C19H23N5OS/c1-14-10-18-20-11-17(15(2)24(18)21-14)19(25)23-6-3-5-22(7-8-23)12-16-4-9-26-13-16/h4,9-11,13H,3,5-8,12H2,1-2H3. The van der Waals surface area contributed by atoms with Crippen molar-refractivity contribution < 1.29 is 4.79 Å². The van der Waals surface area contributed by atoms with Gasteiger partial charge in [-0.15, -0.1) is 0 Å². The van der Waals surface area contributed by atoms with Crippen LogP contribution in [0.25, 0.3) is 5.65 Å². The number of hydrogen-bond donors (Lipinski definition) is 0. The molecule has 4 heterocycles. The Morgan fingerprint density at radius 2 is 2.12 bits per heavy atom. The van der Waals surface area contributed by atoms with Gasteiger partial charge in [-0.25, -0.2) is 9.50 Å². The van der Waals surface area contributed by atoms with Crippen molar-refractivity contribution in [3.8, 4) is 0 Å². The van der Waals surface area contributed by atoms with E-state index in [2.05, 4.69) is 31.8 Å². The first-order valence-electron chi connectivity index (χ1n) is 8.96. The second-order valence-corrected chi connectivity index (χ2v) is 7.65. The van der Waals surface area contributed by atoms with Crippen LogP contribution >= 0.6 is 11.3 Å². The van der Waals surface area contributed by atoms with Crippen LogP contribution in [0.1, 0.15) is 33.7 Å². The van der Waals surface area contributed by atoms with Crippen LogP contribution in [0.4, 0.5) is 0 Å². The van der Waals surface area contributed by atoms with E-state index in [0.29, 0.717) is 5.56 Å². The van der Waals surface area contributed by atoms with Gasteiger partial charge < -0.3 is 4.90 Å². The minimum absolute atomic E-state index is 0.0578. The fourth-order valence-corrected chi connectivity index (χ4v) is 4.18. The molecule has 3 aromatic rings. The van der Waals surface area contributed by atoms with Crippen LogP contribution in [-0.2, 0) is 6.54 Å². The molecule has 1 saturated heterocycles. The van der Waals surface area contributed by atoms with Gasteiger partial charge in [0.2, 0.25) is 0 Å². The van der Waals surface area contributed by atoms with Gasteiger partial charge in [-0.05, 0) is 42.7 Å². The van der Waals surface area contributed by atoms with Gasteiger partial charge in [0, 0.05) is 45.0 Å². The van der Waals surface area contributed by atoms with Gasteiger partial charge in [-0.2, -0.15) is 16.4 Å². The maximum atomic E-state index is 13.1. The molecule has 1 fully saturated rings. The average molecular weight is 369 g/mol. The van der Waals surface area contributed by atoms with Gasteiger partial charge in [0.1, 0.15) is 0 Å². The Bertz CT molecular complexity index is 918. The number of hydrogen-bond acceptors (Lipinski definition) is 5. The molecule has 4 rings (SSSR count). The van der Waals surface area contributed by atoms with Gasteiger partial charge in [0.15, 0.2) is 5.65 Å². The average Bonchev–Trinajstić information content (AvgIpc) is 3.20. The zero-order chi connectivity index (χ0) is 18.1. The summed E-state index contributed by atoms with van der Waals surface area (Å²) in [6.45, 7) is 8.30. The SMILES string of the molecule is Cc1cc2ncc(C(=O)N3CCCN(Cc4ccsc4)CC3)c(C)n2n1. The first-order chi connectivity index (χ1) is 12.6. The number of aryl methyl sites for hydroxylation is 2. The van der Waals surface area contributed by atoms with Crippen LogP contribution in [0, 0.1) is 13.8 Å². The number of thiophene rings is 1. The van der Waals surface area contributed by atoms with Gasteiger partial charge in [0.05, 0.1) is 17.0 Å². The summed E-state index contributed by atoms with van der Waals surface area (Å²) in [5, 5.41) is 8.76. The highest BCUT2D eigenvalue weighted by atomic mass is 32.1. The molecule has 0 saturated carbocycles. The Balaban J connectivity index is 1.49. The highest BCUT2D eigenvalue weighted by Gasteiger charge is 2.23. The van der Waals surface area contributed by atoms with E-state index in [1.54, 1.807) is 22.0 Å². The molecule has 6 nitrogen and oxygen atoms in total. The molecule has 0 atom stereocenters. The first-order valence-corrected chi connectivity index (χ1v) is 9.91. The van der Waals surface area contributed by atoms with Crippen molar-refractivity contribution >= 4 is 22.9 Å². The second-order valence-electron chi connectivity index (χ2n) is 6.87. The Kier molecular flexibility index (Phi) is 4.74. The fourth-order valence-electron chi connectivity index (χ4n) is 3.52. The number of rotatable bonds is 3. The summed E-state index contributed by atoms with van der Waals surface area (Å²) in [6.07, 6.45) is 2.69. The molecule has 0 aromatic carbocycles. The number of nitrogens with zero attached hydrogens (tertiary/aromatic N) is 5.